The fourth-order valence-electron chi connectivity index (χ4n) is 3.71. The Morgan fingerprint density at radius 3 is 2.56 bits per heavy atom. The highest BCUT2D eigenvalue weighted by Crippen LogP contribution is 2.50. The summed E-state index contributed by atoms with van der Waals surface area (Å²) < 4.78 is 0. The molecule has 3 rings (SSSR count). The number of nitrogens with two attached hydrogens (primary N) is 1. The van der Waals surface area contributed by atoms with E-state index in [-0.39, 0.29) is 11.9 Å². The number of aryl methyl sites for hydroxylation is 2. The zero-order chi connectivity index (χ0) is 19.4. The van der Waals surface area contributed by atoms with Crippen LogP contribution < -0.4 is 11.1 Å². The van der Waals surface area contributed by atoms with E-state index >= 15 is 0 Å². The van der Waals surface area contributed by atoms with E-state index in [0.29, 0.717) is 10.7 Å². The minimum atomic E-state index is -0.443. The van der Waals surface area contributed by atoms with Gasteiger partial charge >= 0.3 is 0 Å². The quantitative estimate of drug-likeness (QED) is 0.697. The molecule has 2 aromatic rings. The number of carbonyl (C=O) groups excluding carboxylic acids is 1. The van der Waals surface area contributed by atoms with E-state index in [2.05, 4.69) is 24.0 Å². The Kier molecular flexibility index (Phi) is 5.91. The Morgan fingerprint density at radius 1 is 1.26 bits per heavy atom. The van der Waals surface area contributed by atoms with Gasteiger partial charge in [0.05, 0.1) is 11.5 Å². The van der Waals surface area contributed by atoms with Gasteiger partial charge in [0.25, 0.3) is 0 Å². The fourth-order valence-corrected chi connectivity index (χ4v) is 3.94. The summed E-state index contributed by atoms with van der Waals surface area (Å²) in [5.41, 5.74) is 9.48. The van der Waals surface area contributed by atoms with Crippen molar-refractivity contribution in [1.29, 1.82) is 0 Å². The van der Waals surface area contributed by atoms with E-state index in [1.807, 2.05) is 43.3 Å². The van der Waals surface area contributed by atoms with Crippen molar-refractivity contribution in [1.82, 2.24) is 5.32 Å². The molecule has 0 spiro atoms. The highest BCUT2D eigenvalue weighted by molar-refractivity contribution is 6.30. The van der Waals surface area contributed by atoms with Crippen LogP contribution in [0.4, 0.5) is 0 Å². The van der Waals surface area contributed by atoms with Gasteiger partial charge in [-0.3, -0.25) is 4.79 Å². The molecular formula is C23H27ClN2O. The highest BCUT2D eigenvalue weighted by atomic mass is 35.5. The van der Waals surface area contributed by atoms with Crippen molar-refractivity contribution in [2.75, 3.05) is 0 Å². The molecule has 1 aliphatic rings. The molecule has 0 radical (unpaired) electrons. The molecule has 3 N–H and O–H groups in total. The summed E-state index contributed by atoms with van der Waals surface area (Å²) in [5, 5.41) is 3.85. The van der Waals surface area contributed by atoms with Crippen molar-refractivity contribution in [2.24, 2.45) is 5.73 Å². The van der Waals surface area contributed by atoms with Crippen LogP contribution in [-0.4, -0.2) is 11.9 Å². The normalized spacial score (nSPS) is 15.8. The van der Waals surface area contributed by atoms with Crippen LogP contribution >= 0.6 is 11.6 Å². The van der Waals surface area contributed by atoms with Crippen LogP contribution in [0.25, 0.3) is 0 Å². The van der Waals surface area contributed by atoms with Gasteiger partial charge in [0.1, 0.15) is 0 Å². The zero-order valence-corrected chi connectivity index (χ0v) is 16.6. The molecule has 0 aromatic heterocycles. The maximum absolute atomic E-state index is 13.1. The predicted octanol–water partition coefficient (Wildman–Crippen LogP) is 4.66. The predicted molar refractivity (Wildman–Crippen MR) is 112 cm³/mol. The van der Waals surface area contributed by atoms with Crippen LogP contribution in [0, 0.1) is 6.92 Å². The zero-order valence-electron chi connectivity index (χ0n) is 15.8. The Hall–Kier alpha value is -2.26. The summed E-state index contributed by atoms with van der Waals surface area (Å²) in [7, 11) is 0. The lowest BCUT2D eigenvalue weighted by atomic mass is 9.90. The molecule has 1 fully saturated rings. The van der Waals surface area contributed by atoms with Crippen LogP contribution in [0.5, 0.6) is 0 Å². The van der Waals surface area contributed by atoms with Gasteiger partial charge in [-0.25, -0.2) is 0 Å². The van der Waals surface area contributed by atoms with Crippen molar-refractivity contribution in [3.63, 3.8) is 0 Å². The second-order valence-electron chi connectivity index (χ2n) is 7.52. The Labute approximate surface area is 166 Å². The van der Waals surface area contributed by atoms with E-state index in [1.54, 1.807) is 0 Å². The molecule has 1 atom stereocenters. The topological polar surface area (TPSA) is 55.1 Å². The van der Waals surface area contributed by atoms with Crippen molar-refractivity contribution in [3.8, 4) is 0 Å². The molecule has 1 saturated carbocycles. The minimum absolute atomic E-state index is 0.0456. The third-order valence-corrected chi connectivity index (χ3v) is 5.68. The summed E-state index contributed by atoms with van der Waals surface area (Å²) in [6.07, 6.45) is 4.40. The van der Waals surface area contributed by atoms with Crippen LogP contribution in [0.3, 0.4) is 0 Å². The number of halogens is 1. The summed E-state index contributed by atoms with van der Waals surface area (Å²) in [4.78, 5) is 13.1. The molecule has 0 unspecified atom stereocenters. The molecule has 1 amide bonds. The Bertz CT molecular complexity index is 828. The molecular weight excluding hydrogens is 356 g/mol. The summed E-state index contributed by atoms with van der Waals surface area (Å²) in [5.74, 6) is 0.0456. The first-order valence-electron chi connectivity index (χ1n) is 9.48. The van der Waals surface area contributed by atoms with E-state index in [9.17, 15) is 4.79 Å². The number of hydrogen-bond acceptors (Lipinski definition) is 2. The van der Waals surface area contributed by atoms with Crippen LogP contribution in [-0.2, 0) is 16.6 Å². The summed E-state index contributed by atoms with van der Waals surface area (Å²) in [6.45, 7) is 5.89. The third-order valence-electron chi connectivity index (χ3n) is 5.44. The largest absolute Gasteiger partial charge is 0.401 e. The maximum Gasteiger partial charge on any atom is 0.231 e. The summed E-state index contributed by atoms with van der Waals surface area (Å²) in [6, 6.07) is 15.9. The van der Waals surface area contributed by atoms with Gasteiger partial charge in [0.15, 0.2) is 0 Å². The van der Waals surface area contributed by atoms with E-state index < -0.39 is 5.41 Å². The van der Waals surface area contributed by atoms with Gasteiger partial charge in [0, 0.05) is 10.7 Å². The van der Waals surface area contributed by atoms with Gasteiger partial charge < -0.3 is 11.1 Å². The number of nitrogens with one attached hydrogen (secondary N) is 1. The average molecular weight is 383 g/mol. The Balaban J connectivity index is 1.64. The van der Waals surface area contributed by atoms with Crippen LogP contribution in [0.15, 0.2) is 60.8 Å². The van der Waals surface area contributed by atoms with E-state index in [4.69, 9.17) is 17.3 Å². The maximum atomic E-state index is 13.1. The van der Waals surface area contributed by atoms with Gasteiger partial charge in [-0.2, -0.15) is 0 Å². The molecule has 0 saturated heterocycles. The van der Waals surface area contributed by atoms with Gasteiger partial charge in [-0.05, 0) is 67.9 Å². The number of hydrogen-bond donors (Lipinski definition) is 2. The molecule has 4 heteroatoms. The van der Waals surface area contributed by atoms with E-state index in [1.165, 1.54) is 5.56 Å². The van der Waals surface area contributed by atoms with Crippen molar-refractivity contribution < 1.29 is 4.79 Å². The number of carbonyl (C=O) groups is 1. The lowest BCUT2D eigenvalue weighted by molar-refractivity contribution is -0.124. The molecule has 142 valence electrons. The average Bonchev–Trinajstić information content (AvgIpc) is 3.43. The number of benzene rings is 2. The fraction of sp³-hybridized carbons (Fsp3) is 0.348. The highest BCUT2D eigenvalue weighted by Gasteiger charge is 2.52. The van der Waals surface area contributed by atoms with Crippen molar-refractivity contribution >= 4 is 17.5 Å². The first-order valence-corrected chi connectivity index (χ1v) is 9.86. The van der Waals surface area contributed by atoms with Crippen LogP contribution in [0.1, 0.15) is 42.4 Å². The van der Waals surface area contributed by atoms with E-state index in [0.717, 1.165) is 43.2 Å². The molecule has 0 heterocycles. The Morgan fingerprint density at radius 2 is 1.96 bits per heavy atom. The minimum Gasteiger partial charge on any atom is -0.401 e. The second kappa shape index (κ2) is 8.18. The smallest absolute Gasteiger partial charge is 0.231 e. The molecule has 27 heavy (non-hydrogen) atoms. The number of amides is 1. The lowest BCUT2D eigenvalue weighted by Gasteiger charge is -2.24. The van der Waals surface area contributed by atoms with Crippen molar-refractivity contribution in [2.45, 2.75) is 50.5 Å². The van der Waals surface area contributed by atoms with Crippen molar-refractivity contribution in [3.05, 3.63) is 82.5 Å². The first kappa shape index (κ1) is 19.5. The van der Waals surface area contributed by atoms with Gasteiger partial charge in [-0.1, -0.05) is 54.6 Å². The molecule has 1 aliphatic carbocycles. The molecule has 3 nitrogen and oxygen atoms in total. The number of rotatable bonds is 8. The molecule has 2 aromatic carbocycles. The summed E-state index contributed by atoms with van der Waals surface area (Å²) >= 11 is 6.07. The van der Waals surface area contributed by atoms with Crippen LogP contribution in [0.2, 0.25) is 5.02 Å². The SMILES string of the molecule is C=C(N)[C@H](CCCc1ccccc1)NC(=O)C1(c2ccc(Cl)cc2C)CC1. The monoisotopic (exact) mass is 382 g/mol. The van der Waals surface area contributed by atoms with Gasteiger partial charge in [0.2, 0.25) is 5.91 Å². The standard InChI is InChI=1S/C23H27ClN2O/c1-16-15-19(24)11-12-20(16)23(13-14-23)22(27)26-21(17(2)25)10-6-9-18-7-4-3-5-8-18/h3-5,7-8,11-12,15,21H,2,6,9-10,13-14,25H2,1H3,(H,26,27)/t21-/m0/s1. The lowest BCUT2D eigenvalue weighted by Crippen LogP contribution is -2.44. The molecule has 0 aliphatic heterocycles. The van der Waals surface area contributed by atoms with Gasteiger partial charge in [-0.15, -0.1) is 0 Å². The first-order chi connectivity index (χ1) is 12.9. The molecule has 0 bridgehead atoms. The third kappa shape index (κ3) is 4.54. The second-order valence-corrected chi connectivity index (χ2v) is 7.96.